The quantitative estimate of drug-likeness (QED) is 0.139. The Balaban J connectivity index is 1.98. The first-order valence-electron chi connectivity index (χ1n) is 13.1. The van der Waals surface area contributed by atoms with Crippen LogP contribution in [0, 0.1) is 11.6 Å². The lowest BCUT2D eigenvalue weighted by molar-refractivity contribution is -0.253. The van der Waals surface area contributed by atoms with Crippen molar-refractivity contribution in [2.75, 3.05) is 7.11 Å². The fourth-order valence-electron chi connectivity index (χ4n) is 4.69. The Morgan fingerprint density at radius 2 is 1.41 bits per heavy atom. The van der Waals surface area contributed by atoms with Crippen LogP contribution >= 0.6 is 0 Å². The van der Waals surface area contributed by atoms with Crippen molar-refractivity contribution in [3.63, 3.8) is 0 Å². The van der Waals surface area contributed by atoms with Gasteiger partial charge in [-0.3, -0.25) is 4.79 Å². The number of amides is 1. The molecule has 4 aromatic carbocycles. The molecule has 4 aromatic rings. The monoisotopic (exact) mass is 655 g/mol. The number of carbonyl (C=O) groups excluding carboxylic acids is 2. The van der Waals surface area contributed by atoms with Crippen LogP contribution in [0.4, 0.5) is 39.5 Å². The highest BCUT2D eigenvalue weighted by Crippen LogP contribution is 2.39. The van der Waals surface area contributed by atoms with Crippen molar-refractivity contribution in [3.05, 3.63) is 136 Å². The number of halogens is 9. The van der Waals surface area contributed by atoms with Crippen LogP contribution in [-0.4, -0.2) is 31.5 Å². The van der Waals surface area contributed by atoms with E-state index in [1.807, 2.05) is 0 Å². The fourth-order valence-corrected chi connectivity index (χ4v) is 4.69. The van der Waals surface area contributed by atoms with Crippen LogP contribution < -0.4 is 10.1 Å². The van der Waals surface area contributed by atoms with E-state index in [2.05, 4.69) is 14.8 Å². The fraction of sp³-hybridized carbons (Fsp3) is 0.188. The molecule has 0 aliphatic carbocycles. The van der Waals surface area contributed by atoms with E-state index in [9.17, 15) is 44.7 Å². The number of rotatable bonds is 10. The highest BCUT2D eigenvalue weighted by molar-refractivity contribution is 5.95. The summed E-state index contributed by atoms with van der Waals surface area (Å²) in [6.45, 7) is 0. The highest BCUT2D eigenvalue weighted by Gasteiger charge is 2.45. The maximum Gasteiger partial charge on any atom is 0.461 e. The summed E-state index contributed by atoms with van der Waals surface area (Å²) in [5.74, 6) is -6.02. The molecule has 0 saturated heterocycles. The van der Waals surface area contributed by atoms with Crippen LogP contribution in [-0.2, 0) is 22.9 Å². The molecule has 242 valence electrons. The first-order chi connectivity index (χ1) is 21.6. The summed E-state index contributed by atoms with van der Waals surface area (Å²) in [6, 6.07) is 16.3. The first-order valence-corrected chi connectivity index (χ1v) is 13.1. The molecule has 1 amide bonds. The highest BCUT2D eigenvalue weighted by atomic mass is 19.4. The van der Waals surface area contributed by atoms with Gasteiger partial charge in [-0.1, -0.05) is 42.5 Å². The van der Waals surface area contributed by atoms with Crippen molar-refractivity contribution in [1.29, 1.82) is 0 Å². The molecule has 0 aliphatic rings. The SMILES string of the molecule is COC(=O)c1ccc([C@@](Cc2ccccc2)(NC(=O)c2ccc(F)c(C(F)(F)F)c2)c2cc(F)cc(OC(F)(F)C(F)F)c2)cc1. The second kappa shape index (κ2) is 13.2. The second-order valence-corrected chi connectivity index (χ2v) is 9.92. The van der Waals surface area contributed by atoms with Crippen LogP contribution in [0.3, 0.4) is 0 Å². The molecular weight excluding hydrogens is 633 g/mol. The first kappa shape index (κ1) is 33.9. The number of hydrogen-bond acceptors (Lipinski definition) is 4. The van der Waals surface area contributed by atoms with E-state index in [1.165, 1.54) is 24.3 Å². The van der Waals surface area contributed by atoms with Gasteiger partial charge in [0.05, 0.1) is 23.8 Å². The minimum absolute atomic E-state index is 0.0133. The van der Waals surface area contributed by atoms with Crippen LogP contribution in [0.25, 0.3) is 0 Å². The van der Waals surface area contributed by atoms with Crippen LogP contribution in [0.15, 0.2) is 91.0 Å². The minimum Gasteiger partial charge on any atom is -0.465 e. The molecule has 0 fully saturated rings. The summed E-state index contributed by atoms with van der Waals surface area (Å²) in [4.78, 5) is 25.8. The molecule has 0 spiro atoms. The van der Waals surface area contributed by atoms with Crippen LogP contribution in [0.5, 0.6) is 5.75 Å². The van der Waals surface area contributed by atoms with E-state index >= 15 is 4.39 Å². The lowest BCUT2D eigenvalue weighted by Crippen LogP contribution is -2.49. The lowest BCUT2D eigenvalue weighted by Gasteiger charge is -2.37. The van der Waals surface area contributed by atoms with Crippen LogP contribution in [0.2, 0.25) is 0 Å². The summed E-state index contributed by atoms with van der Waals surface area (Å²) in [5, 5.41) is 2.53. The van der Waals surface area contributed by atoms with Gasteiger partial charge in [-0.2, -0.15) is 30.7 Å². The molecule has 0 aliphatic heterocycles. The Morgan fingerprint density at radius 3 is 2.00 bits per heavy atom. The standard InChI is InChI=1S/C32H22F9NO4/c1-45-28(44)19-7-10-21(11-8-19)30(17-18-5-3-2-4-6-18,22-14-23(33)16-24(15-22)46-32(40,41)29(35)36)42-27(43)20-9-12-26(34)25(13-20)31(37,38)39/h2-16,29H,17H2,1H3,(H,42,43)/t30-/m1/s1. The van der Waals surface area contributed by atoms with Crippen molar-refractivity contribution in [2.45, 2.75) is 30.7 Å². The third-order valence-electron chi connectivity index (χ3n) is 6.84. The Bertz CT molecular complexity index is 1710. The van der Waals surface area contributed by atoms with Gasteiger partial charge in [0.15, 0.2) is 0 Å². The zero-order valence-corrected chi connectivity index (χ0v) is 23.5. The predicted molar refractivity (Wildman–Crippen MR) is 146 cm³/mol. The molecule has 0 unspecified atom stereocenters. The van der Waals surface area contributed by atoms with Crippen molar-refractivity contribution in [3.8, 4) is 5.75 Å². The van der Waals surface area contributed by atoms with Gasteiger partial charge in [-0.15, -0.1) is 0 Å². The summed E-state index contributed by atoms with van der Waals surface area (Å²) < 4.78 is 132. The van der Waals surface area contributed by atoms with E-state index in [0.717, 1.165) is 25.3 Å². The zero-order valence-electron chi connectivity index (χ0n) is 23.5. The van der Waals surface area contributed by atoms with E-state index in [4.69, 9.17) is 0 Å². The second-order valence-electron chi connectivity index (χ2n) is 9.92. The minimum atomic E-state index is -5.18. The smallest absolute Gasteiger partial charge is 0.461 e. The summed E-state index contributed by atoms with van der Waals surface area (Å²) in [7, 11) is 1.11. The molecule has 0 bridgehead atoms. The van der Waals surface area contributed by atoms with Gasteiger partial charge in [-0.05, 0) is 59.2 Å². The average molecular weight is 656 g/mol. The number of alkyl halides is 7. The maximum absolute atomic E-state index is 15.0. The summed E-state index contributed by atoms with van der Waals surface area (Å²) in [6.07, 6.45) is -14.9. The van der Waals surface area contributed by atoms with E-state index < -0.39 is 64.6 Å². The Kier molecular flexibility index (Phi) is 9.68. The number of ether oxygens (including phenoxy) is 2. The summed E-state index contributed by atoms with van der Waals surface area (Å²) >= 11 is 0. The van der Waals surface area contributed by atoms with Crippen molar-refractivity contribution < 1.29 is 58.6 Å². The Labute approximate surface area is 255 Å². The van der Waals surface area contributed by atoms with Gasteiger partial charge in [-0.25, -0.2) is 13.6 Å². The van der Waals surface area contributed by atoms with Gasteiger partial charge in [0, 0.05) is 18.1 Å². The van der Waals surface area contributed by atoms with E-state index in [1.54, 1.807) is 30.3 Å². The van der Waals surface area contributed by atoms with Gasteiger partial charge in [0.2, 0.25) is 0 Å². The van der Waals surface area contributed by atoms with Crippen molar-refractivity contribution in [2.24, 2.45) is 0 Å². The maximum atomic E-state index is 15.0. The predicted octanol–water partition coefficient (Wildman–Crippen LogP) is 7.92. The third-order valence-corrected chi connectivity index (χ3v) is 6.84. The molecular formula is C32H22F9NO4. The molecule has 0 heterocycles. The molecule has 14 heteroatoms. The Morgan fingerprint density at radius 1 is 0.783 bits per heavy atom. The van der Waals surface area contributed by atoms with Gasteiger partial charge < -0.3 is 14.8 Å². The number of esters is 1. The van der Waals surface area contributed by atoms with Crippen molar-refractivity contribution >= 4 is 11.9 Å². The van der Waals surface area contributed by atoms with Crippen LogP contribution in [0.1, 0.15) is 43.0 Å². The number of carbonyl (C=O) groups is 2. The number of nitrogens with one attached hydrogen (secondary N) is 1. The molecule has 5 nitrogen and oxygen atoms in total. The average Bonchev–Trinajstić information content (AvgIpc) is 3.00. The van der Waals surface area contributed by atoms with Gasteiger partial charge >= 0.3 is 24.7 Å². The number of methoxy groups -OCH3 is 1. The van der Waals surface area contributed by atoms with Gasteiger partial charge in [0.25, 0.3) is 5.91 Å². The number of benzene rings is 4. The van der Waals surface area contributed by atoms with Gasteiger partial charge in [0.1, 0.15) is 17.4 Å². The third kappa shape index (κ3) is 7.44. The molecule has 46 heavy (non-hydrogen) atoms. The zero-order chi connectivity index (χ0) is 33.9. The van der Waals surface area contributed by atoms with E-state index in [0.29, 0.717) is 17.7 Å². The number of hydrogen-bond donors (Lipinski definition) is 1. The largest absolute Gasteiger partial charge is 0.465 e. The molecule has 0 aromatic heterocycles. The lowest BCUT2D eigenvalue weighted by atomic mass is 9.77. The molecule has 1 atom stereocenters. The molecule has 1 N–H and O–H groups in total. The normalized spacial score (nSPS) is 13.2. The molecule has 0 radical (unpaired) electrons. The van der Waals surface area contributed by atoms with E-state index in [-0.39, 0.29) is 29.2 Å². The molecule has 4 rings (SSSR count). The topological polar surface area (TPSA) is 64.6 Å². The molecule has 0 saturated carbocycles. The Hall–Kier alpha value is -5.01. The summed E-state index contributed by atoms with van der Waals surface area (Å²) in [5.41, 5.74) is -4.41. The van der Waals surface area contributed by atoms with Crippen molar-refractivity contribution in [1.82, 2.24) is 5.32 Å².